The van der Waals surface area contributed by atoms with Crippen molar-refractivity contribution in [1.82, 2.24) is 14.7 Å². The Morgan fingerprint density at radius 2 is 1.48 bits per heavy atom. The summed E-state index contributed by atoms with van der Waals surface area (Å²) in [7, 11) is 1.42. The third-order valence-electron chi connectivity index (χ3n) is 8.39. The Balaban J connectivity index is 1.68. The summed E-state index contributed by atoms with van der Waals surface area (Å²) in [5.41, 5.74) is -4.48. The van der Waals surface area contributed by atoms with Crippen LogP contribution in [0.4, 0.5) is 31.1 Å². The van der Waals surface area contributed by atoms with Crippen LogP contribution in [-0.4, -0.2) is 88.3 Å². The molecular formula is C29H33F6N3O4. The van der Waals surface area contributed by atoms with Crippen LogP contribution in [0.2, 0.25) is 0 Å². The first kappa shape index (κ1) is 31.6. The predicted octanol–water partition coefficient (Wildman–Crippen LogP) is 4.48. The number of likely N-dealkylation sites (N-methyl/N-ethyl adjacent to an activating group) is 1. The van der Waals surface area contributed by atoms with E-state index in [4.69, 9.17) is 0 Å². The zero-order chi connectivity index (χ0) is 31.2. The lowest BCUT2D eigenvalue weighted by atomic mass is 9.80. The van der Waals surface area contributed by atoms with Crippen LogP contribution in [-0.2, 0) is 22.6 Å². The molecule has 2 heterocycles. The molecule has 13 heteroatoms. The van der Waals surface area contributed by atoms with Gasteiger partial charge in [-0.2, -0.15) is 26.3 Å². The zero-order valence-electron chi connectivity index (χ0n) is 23.3. The van der Waals surface area contributed by atoms with Crippen molar-refractivity contribution in [2.75, 3.05) is 33.3 Å². The molecule has 7 nitrogen and oxygen atoms in total. The number of benzene rings is 2. The van der Waals surface area contributed by atoms with Crippen LogP contribution in [0.3, 0.4) is 0 Å². The van der Waals surface area contributed by atoms with Crippen molar-refractivity contribution in [2.24, 2.45) is 0 Å². The van der Waals surface area contributed by atoms with Gasteiger partial charge in [-0.05, 0) is 49.6 Å². The van der Waals surface area contributed by atoms with Crippen molar-refractivity contribution in [2.45, 2.75) is 62.1 Å². The lowest BCUT2D eigenvalue weighted by Gasteiger charge is -2.36. The van der Waals surface area contributed by atoms with Crippen LogP contribution in [0.25, 0.3) is 0 Å². The summed E-state index contributed by atoms with van der Waals surface area (Å²) >= 11 is 0. The molecule has 4 rings (SSSR count). The second-order valence-corrected chi connectivity index (χ2v) is 11.4. The van der Waals surface area contributed by atoms with Gasteiger partial charge in [0, 0.05) is 32.6 Å². The van der Waals surface area contributed by atoms with E-state index in [0.717, 1.165) is 5.56 Å². The molecule has 0 aromatic heterocycles. The number of alkyl halides is 6. The maximum atomic E-state index is 13.9. The molecule has 2 saturated heterocycles. The first-order chi connectivity index (χ1) is 19.5. The maximum absolute atomic E-state index is 13.9. The van der Waals surface area contributed by atoms with Crippen LogP contribution >= 0.6 is 0 Å². The van der Waals surface area contributed by atoms with Gasteiger partial charge in [-0.15, -0.1) is 0 Å². The van der Waals surface area contributed by atoms with Gasteiger partial charge in [-0.1, -0.05) is 30.3 Å². The van der Waals surface area contributed by atoms with Crippen molar-refractivity contribution in [1.29, 1.82) is 0 Å². The Hall–Kier alpha value is -3.32. The molecule has 0 aliphatic carbocycles. The number of rotatable bonds is 5. The standard InChI is InChI=1S/C29H33F6N3O4/c1-27(2,18-11-19(28(30,31)32)13-20(12-18)29(33,34)35)25(41)36(3)22-15-37(14-21(22)17-7-5-4-6-8-17)26(42)38-10-9-24(40)23(38)16-39/h4-8,11-13,21-24,39-40H,9-10,14-16H2,1-3H3/t21-,22+,23+,24-/m0/s1. The summed E-state index contributed by atoms with van der Waals surface area (Å²) < 4.78 is 81.3. The number of carbonyl (C=O) groups is 2. The second-order valence-electron chi connectivity index (χ2n) is 11.4. The molecule has 0 bridgehead atoms. The van der Waals surface area contributed by atoms with E-state index in [2.05, 4.69) is 0 Å². The topological polar surface area (TPSA) is 84.3 Å². The molecule has 2 aliphatic rings. The molecule has 0 radical (unpaired) electrons. The number of aliphatic hydroxyl groups is 2. The summed E-state index contributed by atoms with van der Waals surface area (Å²) in [6, 6.07) is 8.23. The fourth-order valence-electron chi connectivity index (χ4n) is 5.87. The fourth-order valence-corrected chi connectivity index (χ4v) is 5.87. The van der Waals surface area contributed by atoms with Crippen molar-refractivity contribution in [3.05, 3.63) is 70.8 Å². The molecule has 0 spiro atoms. The minimum absolute atomic E-state index is 0.0224. The van der Waals surface area contributed by atoms with E-state index in [1.165, 1.54) is 35.6 Å². The highest BCUT2D eigenvalue weighted by atomic mass is 19.4. The quantitative estimate of drug-likeness (QED) is 0.496. The lowest BCUT2D eigenvalue weighted by molar-refractivity contribution is -0.144. The molecule has 42 heavy (non-hydrogen) atoms. The van der Waals surface area contributed by atoms with Crippen LogP contribution in [0.1, 0.15) is 48.4 Å². The van der Waals surface area contributed by atoms with Crippen molar-refractivity contribution < 1.29 is 46.1 Å². The monoisotopic (exact) mass is 601 g/mol. The van der Waals surface area contributed by atoms with Gasteiger partial charge in [0.1, 0.15) is 0 Å². The number of likely N-dealkylation sites (tertiary alicyclic amines) is 2. The van der Waals surface area contributed by atoms with E-state index >= 15 is 0 Å². The SMILES string of the molecule is CN(C(=O)C(C)(C)c1cc(C(F)(F)F)cc(C(F)(F)F)c1)[C@@H]1CN(C(=O)N2CC[C@H](O)[C@H]2CO)C[C@H]1c1ccccc1. The molecule has 230 valence electrons. The summed E-state index contributed by atoms with van der Waals surface area (Å²) in [6.45, 7) is 2.52. The average molecular weight is 602 g/mol. The molecular weight excluding hydrogens is 568 g/mol. The number of hydrogen-bond donors (Lipinski definition) is 2. The highest BCUT2D eigenvalue weighted by Crippen LogP contribution is 2.40. The van der Waals surface area contributed by atoms with Crippen molar-refractivity contribution in [3.63, 3.8) is 0 Å². The van der Waals surface area contributed by atoms with Gasteiger partial charge in [0.05, 0.1) is 41.3 Å². The van der Waals surface area contributed by atoms with Gasteiger partial charge in [-0.3, -0.25) is 4.79 Å². The number of amides is 3. The normalized spacial score (nSPS) is 23.4. The first-order valence-corrected chi connectivity index (χ1v) is 13.4. The molecule has 0 saturated carbocycles. The first-order valence-electron chi connectivity index (χ1n) is 13.4. The number of aliphatic hydroxyl groups excluding tert-OH is 2. The third kappa shape index (κ3) is 6.07. The highest BCUT2D eigenvalue weighted by molar-refractivity contribution is 5.88. The van der Waals surface area contributed by atoms with Crippen LogP contribution < -0.4 is 0 Å². The highest BCUT2D eigenvalue weighted by Gasteiger charge is 2.47. The molecule has 2 aromatic carbocycles. The molecule has 0 unspecified atom stereocenters. The molecule has 4 atom stereocenters. The number of hydrogen-bond acceptors (Lipinski definition) is 4. The molecule has 2 aliphatic heterocycles. The van der Waals surface area contributed by atoms with Gasteiger partial charge in [0.15, 0.2) is 0 Å². The number of halogens is 6. The van der Waals surface area contributed by atoms with E-state index in [9.17, 15) is 46.1 Å². The Bertz CT molecular complexity index is 1270. The Kier molecular flexibility index (Phi) is 8.58. The summed E-state index contributed by atoms with van der Waals surface area (Å²) in [4.78, 5) is 31.5. The average Bonchev–Trinajstić information content (AvgIpc) is 3.55. The fraction of sp³-hybridized carbons (Fsp3) is 0.517. The summed E-state index contributed by atoms with van der Waals surface area (Å²) in [6.07, 6.45) is -10.7. The molecule has 2 aromatic rings. The Labute approximate surface area is 239 Å². The Morgan fingerprint density at radius 3 is 2.00 bits per heavy atom. The Morgan fingerprint density at radius 1 is 0.929 bits per heavy atom. The van der Waals surface area contributed by atoms with Gasteiger partial charge in [0.2, 0.25) is 5.91 Å². The summed E-state index contributed by atoms with van der Waals surface area (Å²) in [5.74, 6) is -1.15. The van der Waals surface area contributed by atoms with E-state index in [-0.39, 0.29) is 25.7 Å². The third-order valence-corrected chi connectivity index (χ3v) is 8.39. The van der Waals surface area contributed by atoms with Gasteiger partial charge in [-0.25, -0.2) is 4.79 Å². The van der Waals surface area contributed by atoms with E-state index < -0.39 is 77.1 Å². The van der Waals surface area contributed by atoms with E-state index in [1.54, 1.807) is 18.2 Å². The number of urea groups is 1. The summed E-state index contributed by atoms with van der Waals surface area (Å²) in [5, 5.41) is 19.9. The smallest absolute Gasteiger partial charge is 0.394 e. The van der Waals surface area contributed by atoms with Crippen LogP contribution in [0, 0.1) is 0 Å². The van der Waals surface area contributed by atoms with Crippen LogP contribution in [0.5, 0.6) is 0 Å². The van der Waals surface area contributed by atoms with Crippen molar-refractivity contribution >= 4 is 11.9 Å². The zero-order valence-corrected chi connectivity index (χ0v) is 23.3. The van der Waals surface area contributed by atoms with E-state index in [0.29, 0.717) is 18.6 Å². The van der Waals surface area contributed by atoms with Gasteiger partial charge < -0.3 is 24.9 Å². The van der Waals surface area contributed by atoms with Gasteiger partial charge in [0.25, 0.3) is 0 Å². The number of nitrogens with zero attached hydrogens (tertiary/aromatic N) is 3. The molecule has 2 N–H and O–H groups in total. The minimum atomic E-state index is -5.07. The largest absolute Gasteiger partial charge is 0.416 e. The van der Waals surface area contributed by atoms with Crippen molar-refractivity contribution in [3.8, 4) is 0 Å². The van der Waals surface area contributed by atoms with Crippen LogP contribution in [0.15, 0.2) is 48.5 Å². The second kappa shape index (κ2) is 11.4. The molecule has 2 fully saturated rings. The molecule has 3 amide bonds. The minimum Gasteiger partial charge on any atom is -0.394 e. The lowest BCUT2D eigenvalue weighted by Crippen LogP contribution is -2.51. The number of carbonyl (C=O) groups excluding carboxylic acids is 2. The maximum Gasteiger partial charge on any atom is 0.416 e. The van der Waals surface area contributed by atoms with E-state index in [1.807, 2.05) is 12.1 Å². The van der Waals surface area contributed by atoms with Gasteiger partial charge >= 0.3 is 18.4 Å². The predicted molar refractivity (Wildman–Crippen MR) is 140 cm³/mol.